The fraction of sp³-hybridized carbons (Fsp3) is 0.520. The molecule has 3 rings (SSSR count). The summed E-state index contributed by atoms with van der Waals surface area (Å²) in [6, 6.07) is 22.1. The Bertz CT molecular complexity index is 667. The first-order chi connectivity index (χ1) is 13.0. The van der Waals surface area contributed by atoms with Crippen molar-refractivity contribution in [1.82, 2.24) is 5.32 Å². The monoisotopic (exact) mass is 365 g/mol. The van der Waals surface area contributed by atoms with Gasteiger partial charge in [-0.05, 0) is 76.0 Å². The molecule has 0 aliphatic carbocycles. The second-order valence-corrected chi connectivity index (χ2v) is 8.69. The zero-order valence-electron chi connectivity index (χ0n) is 17.2. The van der Waals surface area contributed by atoms with E-state index in [4.69, 9.17) is 4.74 Å². The highest BCUT2D eigenvalue weighted by atomic mass is 16.5. The van der Waals surface area contributed by atoms with Crippen molar-refractivity contribution >= 4 is 0 Å². The van der Waals surface area contributed by atoms with Crippen LogP contribution in [0.4, 0.5) is 0 Å². The van der Waals surface area contributed by atoms with Crippen LogP contribution in [-0.2, 0) is 11.2 Å². The molecule has 0 amide bonds. The minimum Gasteiger partial charge on any atom is -0.376 e. The van der Waals surface area contributed by atoms with Crippen molar-refractivity contribution in [3.63, 3.8) is 0 Å². The van der Waals surface area contributed by atoms with Gasteiger partial charge in [-0.1, -0.05) is 60.7 Å². The molecule has 146 valence electrons. The molecule has 2 aromatic carbocycles. The lowest BCUT2D eigenvalue weighted by atomic mass is 9.75. The first-order valence-corrected chi connectivity index (χ1v) is 10.5. The van der Waals surface area contributed by atoms with Crippen molar-refractivity contribution in [2.24, 2.45) is 11.8 Å². The number of benzene rings is 2. The van der Waals surface area contributed by atoms with Gasteiger partial charge in [-0.15, -0.1) is 0 Å². The quantitative estimate of drug-likeness (QED) is 0.639. The third kappa shape index (κ3) is 6.19. The second-order valence-electron chi connectivity index (χ2n) is 8.69. The van der Waals surface area contributed by atoms with Crippen LogP contribution in [0.15, 0.2) is 60.7 Å². The van der Waals surface area contributed by atoms with E-state index in [-0.39, 0.29) is 5.60 Å². The van der Waals surface area contributed by atoms with Crippen LogP contribution in [0, 0.1) is 11.8 Å². The molecule has 2 aromatic rings. The van der Waals surface area contributed by atoms with E-state index in [0.717, 1.165) is 19.1 Å². The Morgan fingerprint density at radius 2 is 1.70 bits per heavy atom. The molecule has 0 spiro atoms. The minimum atomic E-state index is 0.0165. The maximum absolute atomic E-state index is 5.98. The van der Waals surface area contributed by atoms with Crippen LogP contribution >= 0.6 is 0 Å². The Labute approximate surface area is 165 Å². The molecule has 2 nitrogen and oxygen atoms in total. The first-order valence-electron chi connectivity index (χ1n) is 10.5. The summed E-state index contributed by atoms with van der Waals surface area (Å²) in [7, 11) is 0. The molecule has 1 aliphatic heterocycles. The Kier molecular flexibility index (Phi) is 7.09. The fourth-order valence-corrected chi connectivity index (χ4v) is 4.45. The molecule has 0 saturated carbocycles. The lowest BCUT2D eigenvalue weighted by Crippen LogP contribution is -2.38. The highest BCUT2D eigenvalue weighted by molar-refractivity contribution is 5.18. The fourth-order valence-electron chi connectivity index (χ4n) is 4.45. The summed E-state index contributed by atoms with van der Waals surface area (Å²) < 4.78 is 5.98. The van der Waals surface area contributed by atoms with E-state index in [0.29, 0.717) is 12.0 Å². The Balaban J connectivity index is 1.61. The summed E-state index contributed by atoms with van der Waals surface area (Å²) in [6.07, 6.45) is 4.74. The van der Waals surface area contributed by atoms with E-state index in [2.05, 4.69) is 86.8 Å². The standard InChI is InChI=1S/C25H35NO/c1-20(22-12-8-5-9-13-22)26-16-14-23(18-21-10-6-4-7-11-21)24-15-17-27-25(2,3)19-24/h4-13,20,23-24,26H,14-19H2,1-3H3/t20-,23-,24+/m1/s1. The van der Waals surface area contributed by atoms with Gasteiger partial charge in [0, 0.05) is 12.6 Å². The Hall–Kier alpha value is -1.64. The number of hydrogen-bond acceptors (Lipinski definition) is 2. The smallest absolute Gasteiger partial charge is 0.0629 e. The number of ether oxygens (including phenoxy) is 1. The van der Waals surface area contributed by atoms with E-state index >= 15 is 0 Å². The molecule has 3 atom stereocenters. The normalized spacial score (nSPS) is 21.5. The molecule has 27 heavy (non-hydrogen) atoms. The molecule has 0 bridgehead atoms. The molecule has 1 N–H and O–H groups in total. The number of nitrogens with one attached hydrogen (secondary N) is 1. The van der Waals surface area contributed by atoms with E-state index in [1.54, 1.807) is 0 Å². The van der Waals surface area contributed by atoms with Crippen LogP contribution in [-0.4, -0.2) is 18.8 Å². The van der Waals surface area contributed by atoms with Gasteiger partial charge in [-0.3, -0.25) is 0 Å². The summed E-state index contributed by atoms with van der Waals surface area (Å²) >= 11 is 0. The third-order valence-electron chi connectivity index (χ3n) is 6.01. The van der Waals surface area contributed by atoms with Gasteiger partial charge in [-0.2, -0.15) is 0 Å². The predicted molar refractivity (Wildman–Crippen MR) is 114 cm³/mol. The van der Waals surface area contributed by atoms with E-state index in [9.17, 15) is 0 Å². The van der Waals surface area contributed by atoms with Gasteiger partial charge in [0.25, 0.3) is 0 Å². The molecule has 0 radical (unpaired) electrons. The van der Waals surface area contributed by atoms with Gasteiger partial charge in [0.15, 0.2) is 0 Å². The van der Waals surface area contributed by atoms with Crippen LogP contribution in [0.2, 0.25) is 0 Å². The zero-order valence-corrected chi connectivity index (χ0v) is 17.2. The van der Waals surface area contributed by atoms with Crippen LogP contribution in [0.3, 0.4) is 0 Å². The minimum absolute atomic E-state index is 0.0165. The van der Waals surface area contributed by atoms with Crippen molar-refractivity contribution < 1.29 is 4.74 Å². The predicted octanol–water partition coefficient (Wildman–Crippen LogP) is 5.79. The summed E-state index contributed by atoms with van der Waals surface area (Å²) in [5.41, 5.74) is 2.84. The second kappa shape index (κ2) is 9.52. The topological polar surface area (TPSA) is 21.3 Å². The molecule has 1 heterocycles. The van der Waals surface area contributed by atoms with Crippen molar-refractivity contribution in [1.29, 1.82) is 0 Å². The van der Waals surface area contributed by atoms with Crippen molar-refractivity contribution in [3.8, 4) is 0 Å². The van der Waals surface area contributed by atoms with Gasteiger partial charge in [0.2, 0.25) is 0 Å². The maximum Gasteiger partial charge on any atom is 0.0629 e. The van der Waals surface area contributed by atoms with E-state index in [1.807, 2.05) is 0 Å². The summed E-state index contributed by atoms with van der Waals surface area (Å²) in [4.78, 5) is 0. The highest BCUT2D eigenvalue weighted by Gasteiger charge is 2.33. The highest BCUT2D eigenvalue weighted by Crippen LogP contribution is 2.36. The SMILES string of the molecule is C[C@@H](NCC[C@H](Cc1ccccc1)[C@H]1CCOC(C)(C)C1)c1ccccc1. The molecule has 1 saturated heterocycles. The molecular formula is C25H35NO. The largest absolute Gasteiger partial charge is 0.376 e. The Morgan fingerprint density at radius 1 is 1.04 bits per heavy atom. The summed E-state index contributed by atoms with van der Waals surface area (Å²) in [5, 5.41) is 3.74. The van der Waals surface area contributed by atoms with Crippen LogP contribution in [0.25, 0.3) is 0 Å². The molecule has 2 heteroatoms. The van der Waals surface area contributed by atoms with Crippen LogP contribution in [0.5, 0.6) is 0 Å². The summed E-state index contributed by atoms with van der Waals surface area (Å²) in [5.74, 6) is 1.44. The van der Waals surface area contributed by atoms with Crippen molar-refractivity contribution in [2.45, 2.75) is 58.1 Å². The van der Waals surface area contributed by atoms with Gasteiger partial charge < -0.3 is 10.1 Å². The maximum atomic E-state index is 5.98. The molecule has 0 aromatic heterocycles. The van der Waals surface area contributed by atoms with Gasteiger partial charge in [0.1, 0.15) is 0 Å². The molecule has 0 unspecified atom stereocenters. The van der Waals surface area contributed by atoms with Crippen molar-refractivity contribution in [2.75, 3.05) is 13.2 Å². The number of rotatable bonds is 8. The van der Waals surface area contributed by atoms with E-state index in [1.165, 1.54) is 36.8 Å². The average Bonchev–Trinajstić information content (AvgIpc) is 2.68. The van der Waals surface area contributed by atoms with E-state index < -0.39 is 0 Å². The molecule has 1 fully saturated rings. The average molecular weight is 366 g/mol. The zero-order chi connectivity index (χ0) is 19.1. The first kappa shape index (κ1) is 20.1. The van der Waals surface area contributed by atoms with Gasteiger partial charge in [0.05, 0.1) is 5.60 Å². The van der Waals surface area contributed by atoms with Crippen molar-refractivity contribution in [3.05, 3.63) is 71.8 Å². The van der Waals surface area contributed by atoms with Crippen LogP contribution < -0.4 is 5.32 Å². The summed E-state index contributed by atoms with van der Waals surface area (Å²) in [6.45, 7) is 8.71. The van der Waals surface area contributed by atoms with Gasteiger partial charge >= 0.3 is 0 Å². The molecule has 1 aliphatic rings. The Morgan fingerprint density at radius 3 is 2.37 bits per heavy atom. The van der Waals surface area contributed by atoms with Gasteiger partial charge in [-0.25, -0.2) is 0 Å². The van der Waals surface area contributed by atoms with Crippen LogP contribution in [0.1, 0.15) is 57.2 Å². The molecular weight excluding hydrogens is 330 g/mol. The number of hydrogen-bond donors (Lipinski definition) is 1. The lowest BCUT2D eigenvalue weighted by molar-refractivity contribution is -0.0830. The third-order valence-corrected chi connectivity index (χ3v) is 6.01. The lowest BCUT2D eigenvalue weighted by Gasteiger charge is -2.39.